The van der Waals surface area contributed by atoms with Gasteiger partial charge in [0.05, 0.1) is 0 Å². The molecule has 5 heteroatoms. The van der Waals surface area contributed by atoms with Gasteiger partial charge in [0.2, 0.25) is 11.8 Å². The van der Waals surface area contributed by atoms with E-state index in [1.54, 1.807) is 0 Å². The molecule has 0 bridgehead atoms. The van der Waals surface area contributed by atoms with Crippen molar-refractivity contribution in [2.24, 2.45) is 0 Å². The summed E-state index contributed by atoms with van der Waals surface area (Å²) in [7, 11) is 0. The van der Waals surface area contributed by atoms with Gasteiger partial charge in [0.25, 0.3) is 0 Å². The van der Waals surface area contributed by atoms with Gasteiger partial charge in [0.15, 0.2) is 0 Å². The molecule has 0 spiro atoms. The van der Waals surface area contributed by atoms with Crippen LogP contribution in [0.1, 0.15) is 168 Å². The molecule has 0 fully saturated rings. The Balaban J connectivity index is 3.27. The minimum Gasteiger partial charge on any atom is -0.355 e. The third kappa shape index (κ3) is 29.0. The highest BCUT2D eigenvalue weighted by Gasteiger charge is 2.02. The van der Waals surface area contributed by atoms with E-state index in [4.69, 9.17) is 0 Å². The predicted molar refractivity (Wildman–Crippen MR) is 151 cm³/mol. The Morgan fingerprint density at radius 1 is 0.429 bits per heavy atom. The third-order valence-corrected chi connectivity index (χ3v) is 6.81. The molecule has 0 atom stereocenters. The lowest BCUT2D eigenvalue weighted by Gasteiger charge is -2.09. The van der Waals surface area contributed by atoms with Crippen molar-refractivity contribution in [2.45, 2.75) is 168 Å². The van der Waals surface area contributed by atoms with Gasteiger partial charge in [-0.2, -0.15) is 0 Å². The first kappa shape index (κ1) is 33.9. The fourth-order valence-corrected chi connectivity index (χ4v) is 4.48. The summed E-state index contributed by atoms with van der Waals surface area (Å²) in [6.07, 6.45) is 29.7. The van der Waals surface area contributed by atoms with E-state index in [2.05, 4.69) is 30.0 Å². The summed E-state index contributed by atoms with van der Waals surface area (Å²) in [5, 5.41) is 2.93. The van der Waals surface area contributed by atoms with Gasteiger partial charge >= 0.3 is 0 Å². The Morgan fingerprint density at radius 3 is 1.17 bits per heavy atom. The van der Waals surface area contributed by atoms with Crippen LogP contribution in [0, 0.1) is 0 Å². The molecule has 0 radical (unpaired) electrons. The minimum atomic E-state index is 0.0493. The molecule has 0 aromatic heterocycles. The van der Waals surface area contributed by atoms with Gasteiger partial charge in [-0.05, 0) is 12.8 Å². The second-order valence-electron chi connectivity index (χ2n) is 10.4. The lowest BCUT2D eigenvalue weighted by atomic mass is 10.1. The predicted octanol–water partition coefficient (Wildman–Crippen LogP) is 8.13. The Bertz CT molecular complexity index is 417. The van der Waals surface area contributed by atoms with E-state index in [-0.39, 0.29) is 11.8 Å². The van der Waals surface area contributed by atoms with Crippen LogP contribution >= 0.6 is 0 Å². The van der Waals surface area contributed by atoms with Gasteiger partial charge in [0.1, 0.15) is 0 Å². The monoisotopic (exact) mass is 495 g/mol. The molecule has 0 aromatic carbocycles. The highest BCUT2D eigenvalue weighted by atomic mass is 16.2. The highest BCUT2D eigenvalue weighted by molar-refractivity contribution is 5.76. The maximum absolute atomic E-state index is 11.9. The molecule has 208 valence electrons. The van der Waals surface area contributed by atoms with E-state index >= 15 is 0 Å². The van der Waals surface area contributed by atoms with Gasteiger partial charge in [-0.15, -0.1) is 0 Å². The second kappa shape index (κ2) is 29.1. The molecule has 0 aliphatic rings. The summed E-state index contributed by atoms with van der Waals surface area (Å²) >= 11 is 0. The van der Waals surface area contributed by atoms with Crippen molar-refractivity contribution in [2.75, 3.05) is 13.1 Å². The third-order valence-electron chi connectivity index (χ3n) is 6.81. The summed E-state index contributed by atoms with van der Waals surface area (Å²) in [5.74, 6) is 0.170. The van der Waals surface area contributed by atoms with Gasteiger partial charge in [-0.25, -0.2) is 5.43 Å². The molecular weight excluding hydrogens is 434 g/mol. The van der Waals surface area contributed by atoms with Gasteiger partial charge < -0.3 is 5.32 Å². The van der Waals surface area contributed by atoms with Crippen LogP contribution in [-0.2, 0) is 9.59 Å². The van der Waals surface area contributed by atoms with Crippen LogP contribution in [0.2, 0.25) is 0 Å². The van der Waals surface area contributed by atoms with Crippen LogP contribution in [0.25, 0.3) is 0 Å². The zero-order valence-corrected chi connectivity index (χ0v) is 23.7. The average molecular weight is 496 g/mol. The molecule has 0 rings (SSSR count). The number of carbonyl (C=O) groups is 2. The van der Waals surface area contributed by atoms with E-state index < -0.39 is 0 Å². The first-order valence-corrected chi connectivity index (χ1v) is 15.5. The lowest BCUT2D eigenvalue weighted by molar-refractivity contribution is -0.122. The number of amides is 2. The largest absolute Gasteiger partial charge is 0.355 e. The van der Waals surface area contributed by atoms with Crippen LogP contribution in [0.15, 0.2) is 0 Å². The van der Waals surface area contributed by atoms with E-state index in [1.807, 2.05) is 0 Å². The maximum atomic E-state index is 11.9. The number of hydrogen-bond donors (Lipinski definition) is 3. The number of nitrogens with one attached hydrogen (secondary N) is 3. The molecular formula is C30H61N3O2. The van der Waals surface area contributed by atoms with Crippen molar-refractivity contribution in [1.29, 1.82) is 0 Å². The van der Waals surface area contributed by atoms with E-state index in [1.165, 1.54) is 116 Å². The quantitative estimate of drug-likeness (QED) is 0.0758. The van der Waals surface area contributed by atoms with Crippen LogP contribution in [0.5, 0.6) is 0 Å². The van der Waals surface area contributed by atoms with Crippen LogP contribution in [0.3, 0.4) is 0 Å². The lowest BCUT2D eigenvalue weighted by Crippen LogP contribution is -2.42. The van der Waals surface area contributed by atoms with Crippen LogP contribution < -0.4 is 16.2 Å². The van der Waals surface area contributed by atoms with Gasteiger partial charge in [0, 0.05) is 25.9 Å². The first-order valence-electron chi connectivity index (χ1n) is 15.5. The molecule has 0 saturated carbocycles. The number of rotatable bonds is 28. The Labute approximate surface area is 218 Å². The van der Waals surface area contributed by atoms with Crippen LogP contribution in [0.4, 0.5) is 0 Å². The normalized spacial score (nSPS) is 11.0. The summed E-state index contributed by atoms with van der Waals surface area (Å²) in [6, 6.07) is 0. The second-order valence-corrected chi connectivity index (χ2v) is 10.4. The topological polar surface area (TPSA) is 70.2 Å². The summed E-state index contributed by atoms with van der Waals surface area (Å²) in [4.78, 5) is 23.8. The number of hydrogen-bond acceptors (Lipinski definition) is 3. The molecule has 0 heterocycles. The summed E-state index contributed by atoms with van der Waals surface area (Å²) in [5.41, 5.74) is 5.67. The standard InChI is InChI=1S/C30H61N3O2/c1-3-5-7-9-11-13-15-17-19-21-23-25-29(34)31-27-28-32-33-30(35)26-24-22-20-18-16-14-12-10-8-6-4-2/h32H,3-28H2,1-2H3,(H,31,34)(H,33,35). The molecule has 0 saturated heterocycles. The Morgan fingerprint density at radius 2 is 0.771 bits per heavy atom. The smallest absolute Gasteiger partial charge is 0.234 e. The van der Waals surface area contributed by atoms with Crippen molar-refractivity contribution in [3.63, 3.8) is 0 Å². The van der Waals surface area contributed by atoms with E-state index in [9.17, 15) is 9.59 Å². The maximum Gasteiger partial charge on any atom is 0.234 e. The molecule has 0 aliphatic carbocycles. The van der Waals surface area contributed by atoms with Gasteiger partial charge in [-0.1, -0.05) is 142 Å². The van der Waals surface area contributed by atoms with E-state index in [0.29, 0.717) is 25.9 Å². The number of carbonyl (C=O) groups excluding carboxylic acids is 2. The van der Waals surface area contributed by atoms with Gasteiger partial charge in [-0.3, -0.25) is 15.0 Å². The highest BCUT2D eigenvalue weighted by Crippen LogP contribution is 2.13. The molecule has 0 aliphatic heterocycles. The molecule has 0 unspecified atom stereocenters. The fraction of sp³-hybridized carbons (Fsp3) is 0.933. The Hall–Kier alpha value is -1.10. The molecule has 2 amide bonds. The fourth-order valence-electron chi connectivity index (χ4n) is 4.48. The zero-order chi connectivity index (χ0) is 25.7. The van der Waals surface area contributed by atoms with Crippen molar-refractivity contribution in [1.82, 2.24) is 16.2 Å². The minimum absolute atomic E-state index is 0.0493. The Kier molecular flexibility index (Phi) is 28.2. The molecule has 3 N–H and O–H groups in total. The molecule has 0 aromatic rings. The number of hydrazine groups is 1. The van der Waals surface area contributed by atoms with Crippen LogP contribution in [-0.4, -0.2) is 24.9 Å². The van der Waals surface area contributed by atoms with E-state index in [0.717, 1.165) is 25.7 Å². The van der Waals surface area contributed by atoms with Crippen molar-refractivity contribution in [3.8, 4) is 0 Å². The summed E-state index contributed by atoms with van der Waals surface area (Å²) < 4.78 is 0. The average Bonchev–Trinajstić information content (AvgIpc) is 2.85. The molecule has 5 nitrogen and oxygen atoms in total. The summed E-state index contributed by atoms with van der Waals surface area (Å²) in [6.45, 7) is 5.64. The first-order chi connectivity index (χ1) is 17.2. The SMILES string of the molecule is CCCCCCCCCCCCCC(=O)NCCNNC(=O)CCCCCCCCCCCCC. The zero-order valence-electron chi connectivity index (χ0n) is 23.7. The van der Waals surface area contributed by atoms with Crippen molar-refractivity contribution < 1.29 is 9.59 Å². The number of unbranched alkanes of at least 4 members (excludes halogenated alkanes) is 20. The van der Waals surface area contributed by atoms with Crippen molar-refractivity contribution >= 4 is 11.8 Å². The van der Waals surface area contributed by atoms with Crippen molar-refractivity contribution in [3.05, 3.63) is 0 Å². The molecule has 35 heavy (non-hydrogen) atoms.